The molecule has 1 amide bonds. The summed E-state index contributed by atoms with van der Waals surface area (Å²) in [5.41, 5.74) is 0.0683. The number of aromatic nitrogens is 1. The summed E-state index contributed by atoms with van der Waals surface area (Å²) in [6.45, 7) is 5.50. The van der Waals surface area contributed by atoms with E-state index in [9.17, 15) is 9.18 Å². The zero-order chi connectivity index (χ0) is 12.4. The molecular formula is C12H15FN2OS. The SMILES string of the molecule is CC1CN(C(=O)c2cccnc2F)CC(C)S1. The van der Waals surface area contributed by atoms with Crippen LogP contribution in [0, 0.1) is 5.95 Å². The van der Waals surface area contributed by atoms with Gasteiger partial charge in [-0.25, -0.2) is 4.98 Å². The Bertz CT molecular complexity index is 417. The number of halogens is 1. The molecule has 1 saturated heterocycles. The molecule has 0 saturated carbocycles. The Kier molecular flexibility index (Phi) is 3.66. The van der Waals surface area contributed by atoms with Crippen molar-refractivity contribution in [3.63, 3.8) is 0 Å². The lowest BCUT2D eigenvalue weighted by atomic mass is 10.2. The molecule has 5 heteroatoms. The van der Waals surface area contributed by atoms with Crippen molar-refractivity contribution in [3.05, 3.63) is 29.8 Å². The van der Waals surface area contributed by atoms with Crippen LogP contribution in [-0.2, 0) is 0 Å². The zero-order valence-electron chi connectivity index (χ0n) is 9.89. The lowest BCUT2D eigenvalue weighted by Gasteiger charge is -2.34. The molecule has 1 aromatic heterocycles. The maximum absolute atomic E-state index is 13.4. The molecule has 0 aliphatic carbocycles. The van der Waals surface area contributed by atoms with Crippen molar-refractivity contribution in [3.8, 4) is 0 Å². The maximum Gasteiger partial charge on any atom is 0.258 e. The smallest absolute Gasteiger partial charge is 0.258 e. The van der Waals surface area contributed by atoms with Crippen LogP contribution in [0.15, 0.2) is 18.3 Å². The minimum atomic E-state index is -0.684. The van der Waals surface area contributed by atoms with Crippen LogP contribution in [0.5, 0.6) is 0 Å². The Morgan fingerprint density at radius 1 is 1.47 bits per heavy atom. The molecule has 1 aliphatic rings. The van der Waals surface area contributed by atoms with Gasteiger partial charge in [0.2, 0.25) is 5.95 Å². The summed E-state index contributed by atoms with van der Waals surface area (Å²) in [5.74, 6) is -0.939. The second-order valence-electron chi connectivity index (χ2n) is 4.31. The molecule has 2 rings (SSSR count). The van der Waals surface area contributed by atoms with Crippen LogP contribution in [0.25, 0.3) is 0 Å². The Morgan fingerprint density at radius 2 is 2.12 bits per heavy atom. The fourth-order valence-electron chi connectivity index (χ4n) is 2.06. The van der Waals surface area contributed by atoms with Crippen LogP contribution < -0.4 is 0 Å². The van der Waals surface area contributed by atoms with Gasteiger partial charge in [-0.1, -0.05) is 13.8 Å². The molecule has 3 nitrogen and oxygen atoms in total. The van der Waals surface area contributed by atoms with E-state index in [1.54, 1.807) is 11.0 Å². The Labute approximate surface area is 104 Å². The molecule has 2 atom stereocenters. The summed E-state index contributed by atoms with van der Waals surface area (Å²) in [5, 5.41) is 0.782. The number of hydrogen-bond acceptors (Lipinski definition) is 3. The van der Waals surface area contributed by atoms with E-state index in [0.717, 1.165) is 0 Å². The summed E-state index contributed by atoms with van der Waals surface area (Å²) in [6.07, 6.45) is 1.35. The average Bonchev–Trinajstić information content (AvgIpc) is 2.27. The van der Waals surface area contributed by atoms with E-state index >= 15 is 0 Å². The highest BCUT2D eigenvalue weighted by molar-refractivity contribution is 8.00. The molecule has 0 radical (unpaired) electrons. The summed E-state index contributed by atoms with van der Waals surface area (Å²) in [4.78, 5) is 17.4. The van der Waals surface area contributed by atoms with Gasteiger partial charge >= 0.3 is 0 Å². The molecule has 1 aromatic rings. The summed E-state index contributed by atoms with van der Waals surface area (Å²) < 4.78 is 13.4. The predicted octanol–water partition coefficient (Wildman–Crippen LogP) is 2.19. The molecule has 0 bridgehead atoms. The van der Waals surface area contributed by atoms with Gasteiger partial charge in [-0.3, -0.25) is 4.79 Å². The minimum Gasteiger partial charge on any atom is -0.336 e. The van der Waals surface area contributed by atoms with Gasteiger partial charge in [0.25, 0.3) is 5.91 Å². The molecule has 0 aromatic carbocycles. The van der Waals surface area contributed by atoms with Gasteiger partial charge in [0.05, 0.1) is 5.56 Å². The van der Waals surface area contributed by atoms with Crippen molar-refractivity contribution in [1.29, 1.82) is 0 Å². The molecular weight excluding hydrogens is 239 g/mol. The first-order chi connectivity index (χ1) is 8.08. The molecule has 17 heavy (non-hydrogen) atoms. The van der Waals surface area contributed by atoms with Crippen molar-refractivity contribution < 1.29 is 9.18 Å². The van der Waals surface area contributed by atoms with Crippen LogP contribution >= 0.6 is 11.8 Å². The molecule has 2 unspecified atom stereocenters. The molecule has 1 fully saturated rings. The lowest BCUT2D eigenvalue weighted by molar-refractivity contribution is 0.0747. The standard InChI is InChI=1S/C12H15FN2OS/c1-8-6-15(7-9(2)17-8)12(16)10-4-3-5-14-11(10)13/h3-5,8-9H,6-7H2,1-2H3. The second kappa shape index (κ2) is 5.04. The first-order valence-corrected chi connectivity index (χ1v) is 6.57. The van der Waals surface area contributed by atoms with Crippen molar-refractivity contribution in [2.45, 2.75) is 24.3 Å². The van der Waals surface area contributed by atoms with Crippen molar-refractivity contribution in [2.75, 3.05) is 13.1 Å². The van der Waals surface area contributed by atoms with Gasteiger partial charge in [0.15, 0.2) is 0 Å². The molecule has 0 N–H and O–H groups in total. The van der Waals surface area contributed by atoms with Crippen molar-refractivity contribution in [1.82, 2.24) is 9.88 Å². The summed E-state index contributed by atoms with van der Waals surface area (Å²) in [6, 6.07) is 3.07. The third kappa shape index (κ3) is 2.77. The van der Waals surface area contributed by atoms with Crippen molar-refractivity contribution >= 4 is 17.7 Å². The van der Waals surface area contributed by atoms with E-state index in [2.05, 4.69) is 18.8 Å². The van der Waals surface area contributed by atoms with E-state index in [4.69, 9.17) is 0 Å². The van der Waals surface area contributed by atoms with E-state index in [1.807, 2.05) is 11.8 Å². The topological polar surface area (TPSA) is 33.2 Å². The number of pyridine rings is 1. The van der Waals surface area contributed by atoms with E-state index in [0.29, 0.717) is 23.6 Å². The largest absolute Gasteiger partial charge is 0.336 e. The van der Waals surface area contributed by atoms with Crippen LogP contribution in [0.1, 0.15) is 24.2 Å². The predicted molar refractivity (Wildman–Crippen MR) is 66.6 cm³/mol. The first-order valence-electron chi connectivity index (χ1n) is 5.63. The van der Waals surface area contributed by atoms with Crippen LogP contribution in [-0.4, -0.2) is 39.4 Å². The number of carbonyl (C=O) groups excluding carboxylic acids is 1. The quantitative estimate of drug-likeness (QED) is 0.720. The third-order valence-electron chi connectivity index (χ3n) is 2.70. The highest BCUT2D eigenvalue weighted by Gasteiger charge is 2.27. The second-order valence-corrected chi connectivity index (χ2v) is 6.19. The van der Waals surface area contributed by atoms with E-state index in [1.165, 1.54) is 12.3 Å². The number of thioether (sulfide) groups is 1. The minimum absolute atomic E-state index is 0.0683. The maximum atomic E-state index is 13.4. The van der Waals surface area contributed by atoms with Gasteiger partial charge in [0.1, 0.15) is 0 Å². The molecule has 1 aliphatic heterocycles. The van der Waals surface area contributed by atoms with Crippen molar-refractivity contribution in [2.24, 2.45) is 0 Å². The summed E-state index contributed by atoms with van der Waals surface area (Å²) in [7, 11) is 0. The number of hydrogen-bond donors (Lipinski definition) is 0. The third-order valence-corrected chi connectivity index (χ3v) is 3.92. The molecule has 2 heterocycles. The Hall–Kier alpha value is -1.10. The van der Waals surface area contributed by atoms with Crippen LogP contribution in [0.2, 0.25) is 0 Å². The fraction of sp³-hybridized carbons (Fsp3) is 0.500. The number of carbonyl (C=O) groups is 1. The number of nitrogens with zero attached hydrogens (tertiary/aromatic N) is 2. The monoisotopic (exact) mass is 254 g/mol. The van der Waals surface area contributed by atoms with Gasteiger partial charge in [-0.15, -0.1) is 0 Å². The first kappa shape index (κ1) is 12.4. The summed E-state index contributed by atoms with van der Waals surface area (Å²) >= 11 is 1.86. The Morgan fingerprint density at radius 3 is 2.71 bits per heavy atom. The van der Waals surface area contributed by atoms with Gasteiger partial charge in [-0.2, -0.15) is 16.2 Å². The average molecular weight is 254 g/mol. The number of rotatable bonds is 1. The van der Waals surface area contributed by atoms with E-state index in [-0.39, 0.29) is 11.5 Å². The van der Waals surface area contributed by atoms with Gasteiger partial charge in [-0.05, 0) is 12.1 Å². The van der Waals surface area contributed by atoms with Gasteiger partial charge in [0, 0.05) is 29.8 Å². The highest BCUT2D eigenvalue weighted by Crippen LogP contribution is 2.25. The van der Waals surface area contributed by atoms with Crippen LogP contribution in [0.4, 0.5) is 4.39 Å². The number of amides is 1. The lowest BCUT2D eigenvalue weighted by Crippen LogP contribution is -2.44. The normalized spacial score (nSPS) is 24.8. The zero-order valence-corrected chi connectivity index (χ0v) is 10.7. The molecule has 92 valence electrons. The highest BCUT2D eigenvalue weighted by atomic mass is 32.2. The fourth-order valence-corrected chi connectivity index (χ4v) is 3.38. The Balaban J connectivity index is 2.17. The molecule has 0 spiro atoms. The van der Waals surface area contributed by atoms with E-state index < -0.39 is 5.95 Å². The van der Waals surface area contributed by atoms with Gasteiger partial charge < -0.3 is 4.90 Å². The van der Waals surface area contributed by atoms with Crippen LogP contribution in [0.3, 0.4) is 0 Å².